The number of nitrogens with zero attached hydrogens (tertiary/aromatic N) is 1. The molecule has 0 saturated heterocycles. The zero-order valence-electron chi connectivity index (χ0n) is 17.4. The standard InChI is InChI=1S/C21H25FI2N4O3/c1-12-5-15(10-26-20(12)31-11-21(22,23)24)9-25-19(30)16-6-13(2)27-17(8-16)28-18(29)7-14-3-4-14/h5-6,8,14,26H,3-4,7,9-11H2,1-2H3,(H,25,30)(H,27,28,29). The topological polar surface area (TPSA) is 92.3 Å². The first kappa shape index (κ1) is 24.2. The van der Waals surface area contributed by atoms with Gasteiger partial charge in [-0.2, -0.15) is 0 Å². The summed E-state index contributed by atoms with van der Waals surface area (Å²) in [6.45, 7) is 4.44. The molecule has 1 saturated carbocycles. The molecule has 0 atom stereocenters. The normalized spacial score (nSPS) is 16.4. The van der Waals surface area contributed by atoms with Gasteiger partial charge in [0.1, 0.15) is 12.4 Å². The average molecular weight is 654 g/mol. The van der Waals surface area contributed by atoms with E-state index in [9.17, 15) is 14.0 Å². The van der Waals surface area contributed by atoms with Crippen molar-refractivity contribution in [2.24, 2.45) is 5.92 Å². The lowest BCUT2D eigenvalue weighted by atomic mass is 10.1. The van der Waals surface area contributed by atoms with Crippen LogP contribution in [0.1, 0.15) is 42.2 Å². The maximum absolute atomic E-state index is 13.6. The molecule has 1 aliphatic heterocycles. The minimum absolute atomic E-state index is 0.0609. The largest absolute Gasteiger partial charge is 0.474 e. The molecule has 2 amide bonds. The summed E-state index contributed by atoms with van der Waals surface area (Å²) in [6, 6.07) is 3.28. The second kappa shape index (κ2) is 10.5. The van der Waals surface area contributed by atoms with Gasteiger partial charge in [-0.3, -0.25) is 9.59 Å². The van der Waals surface area contributed by atoms with Crippen molar-refractivity contribution < 1.29 is 18.7 Å². The predicted molar refractivity (Wildman–Crippen MR) is 134 cm³/mol. The van der Waals surface area contributed by atoms with Crippen molar-refractivity contribution in [2.75, 3.05) is 25.0 Å². The fourth-order valence-corrected chi connectivity index (χ4v) is 3.44. The molecule has 1 aromatic rings. The lowest BCUT2D eigenvalue weighted by Gasteiger charge is -2.22. The SMILES string of the molecule is CC1=C(OCC(F)(I)I)NCC(CNC(=O)c2cc(C)nc(NC(=O)CC3CC3)c2)=C1. The second-order valence-electron chi connectivity index (χ2n) is 7.83. The molecule has 0 bridgehead atoms. The molecule has 0 radical (unpaired) electrons. The minimum atomic E-state index is -1.47. The smallest absolute Gasteiger partial charge is 0.251 e. The first-order valence-corrected chi connectivity index (χ1v) is 12.2. The Morgan fingerprint density at radius 3 is 2.71 bits per heavy atom. The van der Waals surface area contributed by atoms with E-state index in [-0.39, 0.29) is 18.4 Å². The van der Waals surface area contributed by atoms with Crippen molar-refractivity contribution in [3.05, 3.63) is 46.5 Å². The van der Waals surface area contributed by atoms with Gasteiger partial charge in [-0.25, -0.2) is 9.37 Å². The first-order valence-electron chi connectivity index (χ1n) is 9.99. The number of hydrogen-bond donors (Lipinski definition) is 3. The number of carbonyl (C=O) groups is 2. The van der Waals surface area contributed by atoms with Crippen LogP contribution < -0.4 is 16.0 Å². The van der Waals surface area contributed by atoms with E-state index in [2.05, 4.69) is 20.9 Å². The Labute approximate surface area is 208 Å². The lowest BCUT2D eigenvalue weighted by Crippen LogP contribution is -2.32. The van der Waals surface area contributed by atoms with Gasteiger partial charge in [0.25, 0.3) is 5.91 Å². The third-order valence-electron chi connectivity index (χ3n) is 4.77. The molecule has 10 heteroatoms. The minimum Gasteiger partial charge on any atom is -0.474 e. The number of carbonyl (C=O) groups excluding carboxylic acids is 2. The number of nitrogens with one attached hydrogen (secondary N) is 3. The van der Waals surface area contributed by atoms with E-state index in [0.29, 0.717) is 48.4 Å². The van der Waals surface area contributed by atoms with Crippen LogP contribution in [0.2, 0.25) is 0 Å². The molecule has 0 aromatic carbocycles. The number of aryl methyl sites for hydroxylation is 1. The molecule has 0 spiro atoms. The van der Waals surface area contributed by atoms with E-state index in [1.165, 1.54) is 0 Å². The molecular weight excluding hydrogens is 629 g/mol. The summed E-state index contributed by atoms with van der Waals surface area (Å²) < 4.78 is 17.6. The predicted octanol–water partition coefficient (Wildman–Crippen LogP) is 4.13. The Kier molecular flexibility index (Phi) is 8.16. The third-order valence-corrected chi connectivity index (χ3v) is 5.39. The Bertz CT molecular complexity index is 924. The number of halogens is 3. The number of dihydropyridines is 1. The lowest BCUT2D eigenvalue weighted by molar-refractivity contribution is -0.116. The molecule has 1 aromatic heterocycles. The van der Waals surface area contributed by atoms with Crippen LogP contribution in [0.25, 0.3) is 0 Å². The van der Waals surface area contributed by atoms with E-state index < -0.39 is 1.68 Å². The van der Waals surface area contributed by atoms with Crippen LogP contribution in [0.4, 0.5) is 10.2 Å². The van der Waals surface area contributed by atoms with E-state index in [0.717, 1.165) is 24.0 Å². The van der Waals surface area contributed by atoms with E-state index in [4.69, 9.17) is 4.74 Å². The van der Waals surface area contributed by atoms with Gasteiger partial charge in [0, 0.05) is 36.3 Å². The number of allylic oxidation sites excluding steroid dienone is 2. The van der Waals surface area contributed by atoms with E-state index >= 15 is 0 Å². The summed E-state index contributed by atoms with van der Waals surface area (Å²) in [6.07, 6.45) is 4.62. The van der Waals surface area contributed by atoms with Crippen molar-refractivity contribution in [3.8, 4) is 0 Å². The summed E-state index contributed by atoms with van der Waals surface area (Å²) in [4.78, 5) is 29.0. The quantitative estimate of drug-likeness (QED) is 0.276. The number of pyridine rings is 1. The van der Waals surface area contributed by atoms with Gasteiger partial charge in [-0.1, -0.05) is 6.08 Å². The molecule has 7 nitrogen and oxygen atoms in total. The second-order valence-corrected chi connectivity index (χ2v) is 13.3. The van der Waals surface area contributed by atoms with E-state index in [1.54, 1.807) is 64.2 Å². The third kappa shape index (κ3) is 8.20. The number of anilines is 1. The average Bonchev–Trinajstić information content (AvgIpc) is 3.47. The molecule has 3 rings (SSSR count). The van der Waals surface area contributed by atoms with Gasteiger partial charge < -0.3 is 20.7 Å². The highest BCUT2D eigenvalue weighted by atomic mass is 127. The number of ether oxygens (including phenoxy) is 1. The van der Waals surface area contributed by atoms with Gasteiger partial charge in [0.05, 0.1) is 0 Å². The molecule has 1 fully saturated rings. The van der Waals surface area contributed by atoms with E-state index in [1.807, 2.05) is 13.0 Å². The van der Waals surface area contributed by atoms with Crippen LogP contribution >= 0.6 is 45.2 Å². The maximum atomic E-state index is 13.6. The fourth-order valence-electron chi connectivity index (χ4n) is 3.13. The van der Waals surface area contributed by atoms with Crippen LogP contribution in [0.15, 0.2) is 35.2 Å². The maximum Gasteiger partial charge on any atom is 0.251 e. The van der Waals surface area contributed by atoms with Crippen LogP contribution in [-0.2, 0) is 9.53 Å². The van der Waals surface area contributed by atoms with Crippen LogP contribution in [-0.4, -0.2) is 38.2 Å². The van der Waals surface area contributed by atoms with Gasteiger partial charge in [-0.05, 0) is 95.5 Å². The summed E-state index contributed by atoms with van der Waals surface area (Å²) >= 11 is 3.36. The highest BCUT2D eigenvalue weighted by molar-refractivity contribution is 14.2. The van der Waals surface area contributed by atoms with Gasteiger partial charge in [0.15, 0.2) is 5.88 Å². The molecule has 1 aliphatic carbocycles. The molecule has 0 unspecified atom stereocenters. The highest BCUT2D eigenvalue weighted by Gasteiger charge is 2.25. The number of amides is 2. The van der Waals surface area contributed by atoms with Crippen molar-refractivity contribution >= 4 is 62.8 Å². The Morgan fingerprint density at radius 2 is 2.06 bits per heavy atom. The zero-order chi connectivity index (χ0) is 22.6. The number of aromatic nitrogens is 1. The first-order chi connectivity index (χ1) is 14.6. The summed E-state index contributed by atoms with van der Waals surface area (Å²) in [7, 11) is 0. The number of alkyl halides is 3. The van der Waals surface area contributed by atoms with Crippen LogP contribution in [0.5, 0.6) is 0 Å². The van der Waals surface area contributed by atoms with Gasteiger partial charge in [0.2, 0.25) is 7.59 Å². The monoisotopic (exact) mass is 654 g/mol. The molecular formula is C21H25FI2N4O3. The van der Waals surface area contributed by atoms with Gasteiger partial charge >= 0.3 is 0 Å². The molecule has 2 aliphatic rings. The van der Waals surface area contributed by atoms with Crippen LogP contribution in [0, 0.1) is 12.8 Å². The number of hydrogen-bond acceptors (Lipinski definition) is 5. The van der Waals surface area contributed by atoms with Crippen molar-refractivity contribution in [2.45, 2.75) is 34.8 Å². The van der Waals surface area contributed by atoms with Crippen molar-refractivity contribution in [1.82, 2.24) is 15.6 Å². The van der Waals surface area contributed by atoms with Gasteiger partial charge in [-0.15, -0.1) is 0 Å². The van der Waals surface area contributed by atoms with Crippen molar-refractivity contribution in [1.29, 1.82) is 0 Å². The van der Waals surface area contributed by atoms with Crippen molar-refractivity contribution in [3.63, 3.8) is 0 Å². The fraction of sp³-hybridized carbons (Fsp3) is 0.476. The van der Waals surface area contributed by atoms with Crippen LogP contribution in [0.3, 0.4) is 0 Å². The number of rotatable bonds is 9. The molecule has 168 valence electrons. The summed E-state index contributed by atoms with van der Waals surface area (Å²) in [5.74, 6) is 1.10. The zero-order valence-corrected chi connectivity index (χ0v) is 21.7. The highest BCUT2D eigenvalue weighted by Crippen LogP contribution is 2.32. The Hall–Kier alpha value is -1.44. The summed E-state index contributed by atoms with van der Waals surface area (Å²) in [5.41, 5.74) is 2.91. The Balaban J connectivity index is 1.56. The molecule has 3 N–H and O–H groups in total. The molecule has 2 heterocycles. The molecule has 31 heavy (non-hydrogen) atoms. The Morgan fingerprint density at radius 1 is 1.32 bits per heavy atom. The summed E-state index contributed by atoms with van der Waals surface area (Å²) in [5, 5.41) is 8.81.